The second kappa shape index (κ2) is 6.55. The smallest absolute Gasteiger partial charge is 0.258 e. The molecule has 7 heteroatoms. The molecule has 1 heterocycles. The van der Waals surface area contributed by atoms with Gasteiger partial charge in [0.05, 0.1) is 32.3 Å². The summed E-state index contributed by atoms with van der Waals surface area (Å²) in [6, 6.07) is 13.9. The van der Waals surface area contributed by atoms with E-state index in [1.54, 1.807) is 18.3 Å². The average molecular weight is 435 g/mol. The predicted molar refractivity (Wildman–Crippen MR) is 97.3 cm³/mol. The van der Waals surface area contributed by atoms with Crippen molar-refractivity contribution in [1.29, 1.82) is 0 Å². The van der Waals surface area contributed by atoms with Gasteiger partial charge in [0, 0.05) is 16.6 Å². The number of hydrogen-bond acceptors (Lipinski definition) is 4. The average Bonchev–Trinajstić information content (AvgIpc) is 2.60. The lowest BCUT2D eigenvalue weighted by atomic mass is 10.2. The molecule has 0 radical (unpaired) electrons. The fourth-order valence-electron chi connectivity index (χ4n) is 2.06. The Labute approximate surface area is 148 Å². The lowest BCUT2D eigenvalue weighted by molar-refractivity contribution is -0.384. The Morgan fingerprint density at radius 2 is 1.74 bits per heavy atom. The van der Waals surface area contributed by atoms with Crippen molar-refractivity contribution in [2.24, 2.45) is 0 Å². The highest BCUT2D eigenvalue weighted by atomic mass is 79.9. The first-order valence-electron chi connectivity index (χ1n) is 6.58. The van der Waals surface area contributed by atoms with E-state index in [-0.39, 0.29) is 5.69 Å². The number of benzene rings is 2. The third-order valence-corrected chi connectivity index (χ3v) is 5.37. The zero-order chi connectivity index (χ0) is 16.4. The molecule has 0 aliphatic heterocycles. The SMILES string of the molecule is O=[N+]([O-])c1cccc(/C(Br)=C(\Br)c2cnc3ccccc3n2)c1. The summed E-state index contributed by atoms with van der Waals surface area (Å²) in [6.07, 6.45) is 1.66. The van der Waals surface area contributed by atoms with Gasteiger partial charge in [-0.25, -0.2) is 4.98 Å². The number of rotatable bonds is 3. The van der Waals surface area contributed by atoms with E-state index in [0.717, 1.165) is 11.0 Å². The minimum atomic E-state index is -0.423. The van der Waals surface area contributed by atoms with Crippen LogP contribution in [0, 0.1) is 10.1 Å². The van der Waals surface area contributed by atoms with Crippen LogP contribution >= 0.6 is 31.9 Å². The number of non-ortho nitro benzene ring substituents is 1. The molecular weight excluding hydrogens is 426 g/mol. The minimum absolute atomic E-state index is 0.0318. The summed E-state index contributed by atoms with van der Waals surface area (Å²) in [6.45, 7) is 0. The second-order valence-corrected chi connectivity index (χ2v) is 6.27. The van der Waals surface area contributed by atoms with Gasteiger partial charge in [0.25, 0.3) is 5.69 Å². The normalized spacial score (nSPS) is 12.1. The monoisotopic (exact) mass is 433 g/mol. The van der Waals surface area contributed by atoms with Crippen LogP contribution in [0.25, 0.3) is 20.0 Å². The number of halogens is 2. The zero-order valence-corrected chi connectivity index (χ0v) is 14.8. The van der Waals surface area contributed by atoms with Gasteiger partial charge in [-0.15, -0.1) is 0 Å². The number of fused-ring (bicyclic) bond motifs is 1. The first kappa shape index (κ1) is 15.8. The molecule has 0 bridgehead atoms. The molecule has 23 heavy (non-hydrogen) atoms. The Hall–Kier alpha value is -2.12. The largest absolute Gasteiger partial charge is 0.270 e. The topological polar surface area (TPSA) is 68.9 Å². The fraction of sp³-hybridized carbons (Fsp3) is 0. The Morgan fingerprint density at radius 3 is 2.48 bits per heavy atom. The first-order valence-corrected chi connectivity index (χ1v) is 8.17. The van der Waals surface area contributed by atoms with Crippen LogP contribution in [0.15, 0.2) is 54.7 Å². The molecule has 114 valence electrons. The van der Waals surface area contributed by atoms with Gasteiger partial charge in [0.15, 0.2) is 0 Å². The summed E-state index contributed by atoms with van der Waals surface area (Å²) < 4.78 is 1.35. The third-order valence-electron chi connectivity index (χ3n) is 3.18. The van der Waals surface area contributed by atoms with Gasteiger partial charge < -0.3 is 0 Å². The molecule has 0 aliphatic rings. The van der Waals surface area contributed by atoms with Crippen molar-refractivity contribution in [3.05, 3.63) is 76.1 Å². The number of aromatic nitrogens is 2. The van der Waals surface area contributed by atoms with Gasteiger partial charge >= 0.3 is 0 Å². The molecule has 0 saturated heterocycles. The first-order chi connectivity index (χ1) is 11.1. The van der Waals surface area contributed by atoms with Crippen molar-refractivity contribution in [2.75, 3.05) is 0 Å². The van der Waals surface area contributed by atoms with Crippen molar-refractivity contribution < 1.29 is 4.92 Å². The maximum Gasteiger partial charge on any atom is 0.270 e. The summed E-state index contributed by atoms with van der Waals surface area (Å²) in [4.78, 5) is 19.4. The summed E-state index contributed by atoms with van der Waals surface area (Å²) in [5.74, 6) is 0. The molecule has 0 saturated carbocycles. The molecule has 5 nitrogen and oxygen atoms in total. The highest BCUT2D eigenvalue weighted by Crippen LogP contribution is 2.35. The van der Waals surface area contributed by atoms with E-state index in [1.807, 2.05) is 24.3 Å². The van der Waals surface area contributed by atoms with Crippen LogP contribution in [-0.4, -0.2) is 14.9 Å². The van der Waals surface area contributed by atoms with Crippen LogP contribution in [-0.2, 0) is 0 Å². The van der Waals surface area contributed by atoms with E-state index in [2.05, 4.69) is 41.8 Å². The van der Waals surface area contributed by atoms with E-state index >= 15 is 0 Å². The van der Waals surface area contributed by atoms with E-state index < -0.39 is 4.92 Å². The van der Waals surface area contributed by atoms with Crippen LogP contribution < -0.4 is 0 Å². The van der Waals surface area contributed by atoms with Crippen LogP contribution in [0.3, 0.4) is 0 Å². The standard InChI is InChI=1S/C16H9Br2N3O2/c17-15(10-4-3-5-11(8-10)21(22)23)16(18)14-9-19-12-6-1-2-7-13(12)20-14/h1-9H/b16-15+. The van der Waals surface area contributed by atoms with Gasteiger partial charge in [-0.05, 0) is 49.6 Å². The molecule has 0 spiro atoms. The summed E-state index contributed by atoms with van der Waals surface area (Å²) in [5.41, 5.74) is 2.94. The zero-order valence-electron chi connectivity index (χ0n) is 11.6. The maximum atomic E-state index is 10.9. The highest BCUT2D eigenvalue weighted by molar-refractivity contribution is 9.18. The van der Waals surface area contributed by atoms with E-state index in [1.165, 1.54) is 12.1 Å². The van der Waals surface area contributed by atoms with Gasteiger partial charge in [-0.1, -0.05) is 24.3 Å². The lowest BCUT2D eigenvalue weighted by Gasteiger charge is -2.06. The summed E-state index contributed by atoms with van der Waals surface area (Å²) >= 11 is 6.97. The van der Waals surface area contributed by atoms with Crippen molar-refractivity contribution >= 4 is 57.5 Å². The molecule has 0 amide bonds. The Bertz CT molecular complexity index is 941. The minimum Gasteiger partial charge on any atom is -0.258 e. The molecule has 0 N–H and O–H groups in total. The molecular formula is C16H9Br2N3O2. The van der Waals surface area contributed by atoms with E-state index in [9.17, 15) is 10.1 Å². The number of nitro benzene ring substituents is 1. The summed E-state index contributed by atoms with van der Waals surface area (Å²) in [5, 5.41) is 10.9. The highest BCUT2D eigenvalue weighted by Gasteiger charge is 2.12. The van der Waals surface area contributed by atoms with E-state index in [4.69, 9.17) is 0 Å². The molecule has 0 atom stereocenters. The Balaban J connectivity index is 2.07. The van der Waals surface area contributed by atoms with Crippen molar-refractivity contribution in [3.8, 4) is 0 Å². The Morgan fingerprint density at radius 1 is 1.00 bits per heavy atom. The third kappa shape index (κ3) is 3.30. The van der Waals surface area contributed by atoms with Gasteiger partial charge in [0.1, 0.15) is 0 Å². The molecule has 0 aliphatic carbocycles. The van der Waals surface area contributed by atoms with Gasteiger partial charge in [-0.3, -0.25) is 15.1 Å². The Kier molecular flexibility index (Phi) is 4.49. The second-order valence-electron chi connectivity index (χ2n) is 4.68. The number of hydrogen-bond donors (Lipinski definition) is 0. The number of para-hydroxylation sites is 2. The molecule has 0 fully saturated rings. The van der Waals surface area contributed by atoms with Crippen LogP contribution in [0.1, 0.15) is 11.3 Å². The summed E-state index contributed by atoms with van der Waals surface area (Å²) in [7, 11) is 0. The lowest BCUT2D eigenvalue weighted by Crippen LogP contribution is -1.92. The number of nitrogens with zero attached hydrogens (tertiary/aromatic N) is 3. The fourth-order valence-corrected chi connectivity index (χ4v) is 2.93. The van der Waals surface area contributed by atoms with Gasteiger partial charge in [0.2, 0.25) is 0 Å². The predicted octanol–water partition coefficient (Wildman–Crippen LogP) is 5.15. The quantitative estimate of drug-likeness (QED) is 0.422. The van der Waals surface area contributed by atoms with Crippen molar-refractivity contribution in [1.82, 2.24) is 9.97 Å². The molecule has 0 unspecified atom stereocenters. The molecule has 2 aromatic carbocycles. The maximum absolute atomic E-state index is 10.9. The van der Waals surface area contributed by atoms with Crippen LogP contribution in [0.5, 0.6) is 0 Å². The van der Waals surface area contributed by atoms with Crippen molar-refractivity contribution in [3.63, 3.8) is 0 Å². The molecule has 3 aromatic rings. The van der Waals surface area contributed by atoms with Gasteiger partial charge in [-0.2, -0.15) is 0 Å². The van der Waals surface area contributed by atoms with E-state index in [0.29, 0.717) is 20.2 Å². The van der Waals surface area contributed by atoms with Crippen LogP contribution in [0.2, 0.25) is 0 Å². The molecule has 3 rings (SSSR count). The number of nitro groups is 1. The van der Waals surface area contributed by atoms with Crippen molar-refractivity contribution in [2.45, 2.75) is 0 Å². The molecule has 1 aromatic heterocycles. The van der Waals surface area contributed by atoms with Crippen LogP contribution in [0.4, 0.5) is 5.69 Å².